The van der Waals surface area contributed by atoms with E-state index < -0.39 is 10.0 Å². The lowest BCUT2D eigenvalue weighted by Gasteiger charge is -2.12. The van der Waals surface area contributed by atoms with Gasteiger partial charge in [0.2, 0.25) is 0 Å². The number of benzene rings is 1. The molecule has 0 bridgehead atoms. The van der Waals surface area contributed by atoms with Crippen molar-refractivity contribution in [2.75, 3.05) is 4.72 Å². The van der Waals surface area contributed by atoms with Crippen LogP contribution in [-0.4, -0.2) is 18.1 Å². The van der Waals surface area contributed by atoms with E-state index in [9.17, 15) is 8.42 Å². The van der Waals surface area contributed by atoms with Crippen molar-refractivity contribution in [2.45, 2.75) is 31.7 Å². The summed E-state index contributed by atoms with van der Waals surface area (Å²) in [5.41, 5.74) is 2.53. The minimum atomic E-state index is -3.84. The molecule has 8 heteroatoms. The van der Waals surface area contributed by atoms with Gasteiger partial charge in [-0.2, -0.15) is 8.42 Å². The van der Waals surface area contributed by atoms with Gasteiger partial charge in [0, 0.05) is 11.9 Å². The van der Waals surface area contributed by atoms with Gasteiger partial charge in [0.1, 0.15) is 4.47 Å². The average Bonchev–Trinajstić information content (AvgIpc) is 3.18. The van der Waals surface area contributed by atoms with Crippen LogP contribution in [0.15, 0.2) is 56.6 Å². The van der Waals surface area contributed by atoms with E-state index in [0.717, 1.165) is 5.69 Å². The molecule has 0 saturated heterocycles. The van der Waals surface area contributed by atoms with E-state index >= 15 is 0 Å². The molecule has 1 N–H and O–H groups in total. The molecule has 3 aromatic rings. The van der Waals surface area contributed by atoms with Crippen LogP contribution in [0.25, 0.3) is 5.69 Å². The van der Waals surface area contributed by atoms with E-state index in [0.29, 0.717) is 16.1 Å². The van der Waals surface area contributed by atoms with E-state index in [-0.39, 0.29) is 10.9 Å². The van der Waals surface area contributed by atoms with Crippen LogP contribution in [-0.2, 0) is 10.0 Å². The van der Waals surface area contributed by atoms with E-state index in [1.165, 1.54) is 11.6 Å². The molecular weight excluding hydrogens is 406 g/mol. The molecule has 2 aromatic heterocycles. The maximum Gasteiger partial charge on any atom is 0.280 e. The Balaban J connectivity index is 1.96. The van der Waals surface area contributed by atoms with Gasteiger partial charge in [-0.15, -0.1) is 0 Å². The molecule has 0 amide bonds. The molecule has 0 aliphatic heterocycles. The Kier molecular flexibility index (Phi) is 4.75. The summed E-state index contributed by atoms with van der Waals surface area (Å²) in [4.78, 5) is 0. The normalized spacial score (nSPS) is 11.9. The van der Waals surface area contributed by atoms with Gasteiger partial charge in [-0.25, -0.2) is 4.72 Å². The van der Waals surface area contributed by atoms with Crippen molar-refractivity contribution in [3.8, 4) is 5.69 Å². The van der Waals surface area contributed by atoms with Gasteiger partial charge in [-0.1, -0.05) is 31.1 Å². The topological polar surface area (TPSA) is 77.1 Å². The molecule has 1 aromatic carbocycles. The van der Waals surface area contributed by atoms with Crippen LogP contribution in [0.1, 0.15) is 31.0 Å². The van der Waals surface area contributed by atoms with Crippen LogP contribution < -0.4 is 4.72 Å². The summed E-state index contributed by atoms with van der Waals surface area (Å²) in [7, 11) is -3.84. The second kappa shape index (κ2) is 6.68. The summed E-state index contributed by atoms with van der Waals surface area (Å²) in [5, 5.41) is 3.85. The van der Waals surface area contributed by atoms with Crippen LogP contribution in [0, 0.1) is 6.92 Å². The summed E-state index contributed by atoms with van der Waals surface area (Å²) < 4.78 is 35.0. The molecule has 25 heavy (non-hydrogen) atoms. The van der Waals surface area contributed by atoms with Crippen LogP contribution >= 0.6 is 15.9 Å². The highest BCUT2D eigenvalue weighted by Gasteiger charge is 2.23. The first-order valence-electron chi connectivity index (χ1n) is 7.72. The number of sulfonamides is 1. The first kappa shape index (κ1) is 17.8. The molecule has 0 fully saturated rings. The minimum absolute atomic E-state index is 0.0559. The first-order valence-corrected chi connectivity index (χ1v) is 9.99. The number of aryl methyl sites for hydroxylation is 1. The van der Waals surface area contributed by atoms with E-state index in [2.05, 4.69) is 39.7 Å². The second-order valence-corrected chi connectivity index (χ2v) is 8.40. The summed E-state index contributed by atoms with van der Waals surface area (Å²) in [6.45, 7) is 5.94. The molecule has 0 aliphatic carbocycles. The molecule has 0 atom stereocenters. The van der Waals surface area contributed by atoms with Gasteiger partial charge in [0.05, 0.1) is 5.69 Å². The van der Waals surface area contributed by atoms with Gasteiger partial charge in [-0.3, -0.25) is 0 Å². The van der Waals surface area contributed by atoms with Crippen molar-refractivity contribution in [3.63, 3.8) is 0 Å². The Morgan fingerprint density at radius 3 is 2.44 bits per heavy atom. The third kappa shape index (κ3) is 3.50. The number of hydrogen-bond donors (Lipinski definition) is 1. The number of anilines is 1. The number of halogens is 1. The lowest BCUT2D eigenvalue weighted by molar-refractivity contribution is 0.430. The number of nitrogens with zero attached hydrogens (tertiary/aromatic N) is 2. The van der Waals surface area contributed by atoms with Crippen molar-refractivity contribution in [2.24, 2.45) is 0 Å². The Morgan fingerprint density at radius 1 is 1.20 bits per heavy atom. The number of nitrogens with one attached hydrogen (secondary N) is 1. The monoisotopic (exact) mass is 423 g/mol. The van der Waals surface area contributed by atoms with Crippen LogP contribution in [0.4, 0.5) is 5.88 Å². The highest BCUT2D eigenvalue weighted by molar-refractivity contribution is 9.10. The SMILES string of the molecule is Cc1noc(NS(=O)(=O)c2cccn2-c2ccc(C(C)C)cc2)c1Br. The van der Waals surface area contributed by atoms with Crippen molar-refractivity contribution in [1.29, 1.82) is 0 Å². The number of aromatic nitrogens is 2. The summed E-state index contributed by atoms with van der Waals surface area (Å²) in [6, 6.07) is 11.0. The molecule has 132 valence electrons. The lowest BCUT2D eigenvalue weighted by atomic mass is 10.0. The number of rotatable bonds is 5. The van der Waals surface area contributed by atoms with Gasteiger partial charge in [0.15, 0.2) is 5.03 Å². The van der Waals surface area contributed by atoms with Gasteiger partial charge in [-0.05, 0) is 58.6 Å². The van der Waals surface area contributed by atoms with E-state index in [1.54, 1.807) is 23.8 Å². The maximum atomic E-state index is 12.8. The largest absolute Gasteiger partial charge is 0.336 e. The molecule has 0 radical (unpaired) electrons. The van der Waals surface area contributed by atoms with Crippen LogP contribution in [0.2, 0.25) is 0 Å². The molecule has 0 unspecified atom stereocenters. The Morgan fingerprint density at radius 2 is 1.88 bits per heavy atom. The fourth-order valence-corrected chi connectivity index (χ4v) is 3.96. The summed E-state index contributed by atoms with van der Waals surface area (Å²) in [6.07, 6.45) is 1.71. The van der Waals surface area contributed by atoms with Crippen molar-refractivity contribution in [3.05, 3.63) is 58.3 Å². The second-order valence-electron chi connectivity index (χ2n) is 5.98. The quantitative estimate of drug-likeness (QED) is 0.656. The summed E-state index contributed by atoms with van der Waals surface area (Å²) >= 11 is 3.26. The minimum Gasteiger partial charge on any atom is -0.336 e. The van der Waals surface area contributed by atoms with Crippen LogP contribution in [0.5, 0.6) is 0 Å². The average molecular weight is 424 g/mol. The van der Waals surface area contributed by atoms with Gasteiger partial charge < -0.3 is 9.09 Å². The molecule has 3 rings (SSSR count). The Bertz CT molecular complexity index is 989. The zero-order valence-corrected chi connectivity index (χ0v) is 16.4. The Hall–Kier alpha value is -2.06. The molecular formula is C17H18BrN3O3S. The summed E-state index contributed by atoms with van der Waals surface area (Å²) in [5.74, 6) is 0.469. The highest BCUT2D eigenvalue weighted by atomic mass is 79.9. The number of hydrogen-bond acceptors (Lipinski definition) is 4. The predicted molar refractivity (Wildman–Crippen MR) is 99.6 cm³/mol. The van der Waals surface area contributed by atoms with Crippen molar-refractivity contribution < 1.29 is 12.9 Å². The van der Waals surface area contributed by atoms with E-state index in [1.807, 2.05) is 24.3 Å². The molecule has 2 heterocycles. The van der Waals surface area contributed by atoms with E-state index in [4.69, 9.17) is 4.52 Å². The third-order valence-corrected chi connectivity index (χ3v) is 6.11. The van der Waals surface area contributed by atoms with Crippen LogP contribution in [0.3, 0.4) is 0 Å². The standard InChI is InChI=1S/C17H18BrN3O3S/c1-11(2)13-6-8-14(9-7-13)21-10-4-5-15(21)25(22,23)20-17-16(18)12(3)19-24-17/h4-11,20H,1-3H3. The zero-order valence-electron chi connectivity index (χ0n) is 14.0. The van der Waals surface area contributed by atoms with Crippen molar-refractivity contribution >= 4 is 31.8 Å². The lowest BCUT2D eigenvalue weighted by Crippen LogP contribution is -2.16. The fourth-order valence-electron chi connectivity index (χ4n) is 2.41. The zero-order chi connectivity index (χ0) is 18.2. The molecule has 0 saturated carbocycles. The predicted octanol–water partition coefficient (Wildman–Crippen LogP) is 4.46. The Labute approximate surface area is 155 Å². The molecule has 6 nitrogen and oxygen atoms in total. The highest BCUT2D eigenvalue weighted by Crippen LogP contribution is 2.28. The van der Waals surface area contributed by atoms with Gasteiger partial charge >= 0.3 is 0 Å². The third-order valence-electron chi connectivity index (χ3n) is 3.84. The smallest absolute Gasteiger partial charge is 0.280 e. The molecule has 0 spiro atoms. The van der Waals surface area contributed by atoms with Gasteiger partial charge in [0.25, 0.3) is 15.9 Å². The first-order chi connectivity index (χ1) is 11.8. The van der Waals surface area contributed by atoms with Crippen molar-refractivity contribution in [1.82, 2.24) is 9.72 Å². The molecule has 0 aliphatic rings. The fraction of sp³-hybridized carbons (Fsp3) is 0.235. The maximum absolute atomic E-state index is 12.8.